The van der Waals surface area contributed by atoms with Crippen molar-refractivity contribution in [2.45, 2.75) is 57.9 Å². The number of nitrogens with one attached hydrogen (secondary N) is 1. The second-order valence-electron chi connectivity index (χ2n) is 6.30. The lowest BCUT2D eigenvalue weighted by Crippen LogP contribution is -2.37. The molecular formula is C16H25N. The van der Waals surface area contributed by atoms with E-state index in [2.05, 4.69) is 50.4 Å². The Morgan fingerprint density at radius 1 is 1.24 bits per heavy atom. The van der Waals surface area contributed by atoms with Gasteiger partial charge in [0.05, 0.1) is 0 Å². The van der Waals surface area contributed by atoms with Crippen LogP contribution in [-0.2, 0) is 6.42 Å². The predicted molar refractivity (Wildman–Crippen MR) is 74.5 cm³/mol. The third-order valence-electron chi connectivity index (χ3n) is 3.60. The van der Waals surface area contributed by atoms with Gasteiger partial charge in [-0.25, -0.2) is 0 Å². The van der Waals surface area contributed by atoms with Crippen molar-refractivity contribution in [3.63, 3.8) is 0 Å². The van der Waals surface area contributed by atoms with Gasteiger partial charge in [-0.1, -0.05) is 30.7 Å². The molecular weight excluding hydrogens is 206 g/mol. The van der Waals surface area contributed by atoms with E-state index < -0.39 is 0 Å². The van der Waals surface area contributed by atoms with E-state index in [1.165, 1.54) is 24.8 Å². The molecule has 0 saturated heterocycles. The van der Waals surface area contributed by atoms with Crippen molar-refractivity contribution in [2.75, 3.05) is 6.54 Å². The quantitative estimate of drug-likeness (QED) is 0.829. The van der Waals surface area contributed by atoms with Crippen LogP contribution in [0, 0.1) is 0 Å². The predicted octanol–water partition coefficient (Wildman–Crippen LogP) is 3.88. The maximum Gasteiger partial charge on any atom is 0.00966 e. The van der Waals surface area contributed by atoms with E-state index in [0.29, 0.717) is 0 Å². The highest BCUT2D eigenvalue weighted by Gasteiger charge is 2.19. The highest BCUT2D eigenvalue weighted by molar-refractivity contribution is 5.27. The van der Waals surface area contributed by atoms with Crippen LogP contribution in [0.3, 0.4) is 0 Å². The minimum atomic E-state index is 0.228. The first-order valence-electron chi connectivity index (χ1n) is 6.88. The summed E-state index contributed by atoms with van der Waals surface area (Å²) in [4.78, 5) is 0. The summed E-state index contributed by atoms with van der Waals surface area (Å²) in [5.41, 5.74) is 3.27. The van der Waals surface area contributed by atoms with Crippen molar-refractivity contribution < 1.29 is 0 Å². The zero-order valence-corrected chi connectivity index (χ0v) is 11.4. The highest BCUT2D eigenvalue weighted by atomic mass is 14.9. The van der Waals surface area contributed by atoms with E-state index in [1.54, 1.807) is 5.56 Å². The van der Waals surface area contributed by atoms with E-state index in [0.717, 1.165) is 18.9 Å². The van der Waals surface area contributed by atoms with Gasteiger partial charge in [-0.2, -0.15) is 0 Å². The summed E-state index contributed by atoms with van der Waals surface area (Å²) in [6, 6.07) is 9.19. The molecule has 2 rings (SSSR count). The van der Waals surface area contributed by atoms with Gasteiger partial charge in [0.25, 0.3) is 0 Å². The Balaban J connectivity index is 1.88. The van der Waals surface area contributed by atoms with E-state index in [1.807, 2.05) is 0 Å². The normalized spacial score (nSPS) is 16.9. The third kappa shape index (κ3) is 3.85. The molecule has 1 saturated carbocycles. The van der Waals surface area contributed by atoms with Gasteiger partial charge in [0.15, 0.2) is 0 Å². The molecule has 0 unspecified atom stereocenters. The maximum atomic E-state index is 3.55. The molecule has 0 bridgehead atoms. The van der Waals surface area contributed by atoms with E-state index in [4.69, 9.17) is 0 Å². The minimum absolute atomic E-state index is 0.228. The summed E-state index contributed by atoms with van der Waals surface area (Å²) in [7, 11) is 0. The second kappa shape index (κ2) is 5.22. The molecule has 0 radical (unpaired) electrons. The second-order valence-corrected chi connectivity index (χ2v) is 6.30. The number of benzene rings is 1. The first-order valence-corrected chi connectivity index (χ1v) is 6.88. The van der Waals surface area contributed by atoms with Crippen LogP contribution in [0.15, 0.2) is 24.3 Å². The van der Waals surface area contributed by atoms with Crippen molar-refractivity contribution in [1.82, 2.24) is 5.32 Å². The number of hydrogen-bond donors (Lipinski definition) is 1. The van der Waals surface area contributed by atoms with Crippen LogP contribution < -0.4 is 5.32 Å². The molecule has 0 aromatic heterocycles. The van der Waals surface area contributed by atoms with Gasteiger partial charge in [-0.3, -0.25) is 0 Å². The van der Waals surface area contributed by atoms with Crippen LogP contribution in [0.2, 0.25) is 0 Å². The molecule has 1 fully saturated rings. The van der Waals surface area contributed by atoms with Crippen molar-refractivity contribution in [1.29, 1.82) is 0 Å². The lowest BCUT2D eigenvalue weighted by atomic mass is 9.79. The zero-order chi connectivity index (χ0) is 12.3. The Bertz CT molecular complexity index is 358. The Kier molecular flexibility index (Phi) is 3.88. The van der Waals surface area contributed by atoms with Gasteiger partial charge in [-0.05, 0) is 63.6 Å². The van der Waals surface area contributed by atoms with Gasteiger partial charge in [0.2, 0.25) is 0 Å². The van der Waals surface area contributed by atoms with E-state index >= 15 is 0 Å². The summed E-state index contributed by atoms with van der Waals surface area (Å²) < 4.78 is 0. The average molecular weight is 231 g/mol. The summed E-state index contributed by atoms with van der Waals surface area (Å²) in [6.07, 6.45) is 5.34. The Labute approximate surface area is 106 Å². The molecule has 1 aliphatic carbocycles. The molecule has 17 heavy (non-hydrogen) atoms. The summed E-state index contributed by atoms with van der Waals surface area (Å²) in [5.74, 6) is 0.852. The molecule has 1 aliphatic rings. The fourth-order valence-corrected chi connectivity index (χ4v) is 2.33. The van der Waals surface area contributed by atoms with Crippen LogP contribution in [0.5, 0.6) is 0 Å². The van der Waals surface area contributed by atoms with E-state index in [9.17, 15) is 0 Å². The molecule has 1 nitrogen and oxygen atoms in total. The Hall–Kier alpha value is -0.820. The molecule has 0 heterocycles. The standard InChI is InChI=1S/C16H25N/c1-16(2,3)17-11-10-13-6-4-9-15(12-13)14-7-5-8-14/h4,6,9,12,14,17H,5,7-8,10-11H2,1-3H3. The van der Waals surface area contributed by atoms with Crippen molar-refractivity contribution in [2.24, 2.45) is 0 Å². The van der Waals surface area contributed by atoms with Crippen LogP contribution in [0.1, 0.15) is 57.1 Å². The van der Waals surface area contributed by atoms with Crippen molar-refractivity contribution >= 4 is 0 Å². The van der Waals surface area contributed by atoms with E-state index in [-0.39, 0.29) is 5.54 Å². The minimum Gasteiger partial charge on any atom is -0.312 e. The van der Waals surface area contributed by atoms with Gasteiger partial charge in [-0.15, -0.1) is 0 Å². The maximum absolute atomic E-state index is 3.55. The molecule has 1 N–H and O–H groups in total. The third-order valence-corrected chi connectivity index (χ3v) is 3.60. The largest absolute Gasteiger partial charge is 0.312 e. The summed E-state index contributed by atoms with van der Waals surface area (Å²) in [5, 5.41) is 3.55. The lowest BCUT2D eigenvalue weighted by molar-refractivity contribution is 0.418. The van der Waals surface area contributed by atoms with Crippen molar-refractivity contribution in [3.8, 4) is 0 Å². The monoisotopic (exact) mass is 231 g/mol. The van der Waals surface area contributed by atoms with Gasteiger partial charge < -0.3 is 5.32 Å². The smallest absolute Gasteiger partial charge is 0.00966 e. The molecule has 94 valence electrons. The molecule has 0 atom stereocenters. The van der Waals surface area contributed by atoms with Crippen LogP contribution in [0.25, 0.3) is 0 Å². The average Bonchev–Trinajstić information content (AvgIpc) is 2.13. The molecule has 1 heteroatoms. The van der Waals surface area contributed by atoms with Crippen LogP contribution >= 0.6 is 0 Å². The lowest BCUT2D eigenvalue weighted by Gasteiger charge is -2.26. The van der Waals surface area contributed by atoms with Gasteiger partial charge in [0, 0.05) is 5.54 Å². The molecule has 1 aromatic carbocycles. The Morgan fingerprint density at radius 2 is 2.00 bits per heavy atom. The SMILES string of the molecule is CC(C)(C)NCCc1cccc(C2CCC2)c1. The van der Waals surface area contributed by atoms with Gasteiger partial charge in [0.1, 0.15) is 0 Å². The van der Waals surface area contributed by atoms with Crippen molar-refractivity contribution in [3.05, 3.63) is 35.4 Å². The van der Waals surface area contributed by atoms with Gasteiger partial charge >= 0.3 is 0 Å². The summed E-state index contributed by atoms with van der Waals surface area (Å²) >= 11 is 0. The summed E-state index contributed by atoms with van der Waals surface area (Å²) in [6.45, 7) is 7.73. The number of rotatable bonds is 4. The number of hydrogen-bond acceptors (Lipinski definition) is 1. The highest BCUT2D eigenvalue weighted by Crippen LogP contribution is 2.36. The molecule has 0 spiro atoms. The first-order chi connectivity index (χ1) is 8.04. The first kappa shape index (κ1) is 12.6. The fraction of sp³-hybridized carbons (Fsp3) is 0.625. The molecule has 1 aromatic rings. The fourth-order valence-electron chi connectivity index (χ4n) is 2.33. The zero-order valence-electron chi connectivity index (χ0n) is 11.4. The van der Waals surface area contributed by atoms with Crippen LogP contribution in [-0.4, -0.2) is 12.1 Å². The topological polar surface area (TPSA) is 12.0 Å². The molecule has 0 aliphatic heterocycles. The molecule has 0 amide bonds. The Morgan fingerprint density at radius 3 is 2.59 bits per heavy atom. The van der Waals surface area contributed by atoms with Crippen LogP contribution in [0.4, 0.5) is 0 Å².